The van der Waals surface area contributed by atoms with Crippen LogP contribution in [-0.4, -0.2) is 30.1 Å². The van der Waals surface area contributed by atoms with Gasteiger partial charge in [0.25, 0.3) is 0 Å². The van der Waals surface area contributed by atoms with Gasteiger partial charge in [-0.2, -0.15) is 0 Å². The van der Waals surface area contributed by atoms with Crippen molar-refractivity contribution in [2.45, 2.75) is 5.92 Å². The van der Waals surface area contributed by atoms with Crippen LogP contribution in [0.2, 0.25) is 0 Å². The van der Waals surface area contributed by atoms with E-state index in [2.05, 4.69) is 21.2 Å². The van der Waals surface area contributed by atoms with Crippen LogP contribution in [0.5, 0.6) is 5.75 Å². The molecule has 2 rings (SSSR count). The lowest BCUT2D eigenvalue weighted by Crippen LogP contribution is -2.34. The number of halogens is 1. The van der Waals surface area contributed by atoms with Crippen molar-refractivity contribution in [3.8, 4) is 5.75 Å². The topological polar surface area (TPSA) is 75.6 Å². The average molecular weight is 300 g/mol. The third kappa shape index (κ3) is 2.58. The number of carboxylic acids is 1. The van der Waals surface area contributed by atoms with Crippen LogP contribution in [0, 0.1) is 0 Å². The number of hydrogen-bond acceptors (Lipinski definition) is 3. The van der Waals surface area contributed by atoms with E-state index in [4.69, 9.17) is 9.84 Å². The first-order chi connectivity index (χ1) is 8.08. The van der Waals surface area contributed by atoms with Crippen molar-refractivity contribution in [3.05, 3.63) is 28.2 Å². The molecule has 0 spiro atoms. The van der Waals surface area contributed by atoms with E-state index in [1.54, 1.807) is 6.07 Å². The van der Waals surface area contributed by atoms with Crippen LogP contribution in [0.4, 0.5) is 0 Å². The van der Waals surface area contributed by atoms with Crippen molar-refractivity contribution >= 4 is 27.8 Å². The molecule has 0 aromatic heterocycles. The van der Waals surface area contributed by atoms with Crippen molar-refractivity contribution < 1.29 is 19.4 Å². The molecule has 1 atom stereocenters. The molecule has 1 aliphatic rings. The Kier molecular flexibility index (Phi) is 3.33. The molecule has 1 heterocycles. The van der Waals surface area contributed by atoms with Gasteiger partial charge in [-0.15, -0.1) is 0 Å². The summed E-state index contributed by atoms with van der Waals surface area (Å²) in [5.41, 5.74) is 0.780. The monoisotopic (exact) mass is 299 g/mol. The first kappa shape index (κ1) is 11.9. The predicted octanol–water partition coefficient (Wildman–Crippen LogP) is 1.13. The largest absolute Gasteiger partial charge is 0.492 e. The normalized spacial score (nSPS) is 17.1. The predicted molar refractivity (Wildman–Crippen MR) is 63.0 cm³/mol. The first-order valence-electron chi connectivity index (χ1n) is 4.99. The van der Waals surface area contributed by atoms with Gasteiger partial charge in [-0.05, 0) is 18.2 Å². The van der Waals surface area contributed by atoms with Crippen molar-refractivity contribution in [2.75, 3.05) is 13.2 Å². The van der Waals surface area contributed by atoms with Crippen molar-refractivity contribution in [1.29, 1.82) is 0 Å². The lowest BCUT2D eigenvalue weighted by Gasteiger charge is -2.08. The number of fused-ring (bicyclic) bond motifs is 1. The van der Waals surface area contributed by atoms with Gasteiger partial charge >= 0.3 is 5.97 Å². The molecule has 0 bridgehead atoms. The Morgan fingerprint density at radius 2 is 2.29 bits per heavy atom. The molecule has 0 radical (unpaired) electrons. The summed E-state index contributed by atoms with van der Waals surface area (Å²) in [4.78, 5) is 22.1. The van der Waals surface area contributed by atoms with Gasteiger partial charge in [0, 0.05) is 10.0 Å². The van der Waals surface area contributed by atoms with Gasteiger partial charge in [0.2, 0.25) is 5.91 Å². The molecule has 6 heteroatoms. The zero-order chi connectivity index (χ0) is 12.4. The SMILES string of the molecule is O=C(O)CNC(=O)C1COc2ccc(Br)cc21. The van der Waals surface area contributed by atoms with Crippen LogP contribution in [0.3, 0.4) is 0 Å². The van der Waals surface area contributed by atoms with Gasteiger partial charge in [0.15, 0.2) is 0 Å². The second-order valence-electron chi connectivity index (χ2n) is 3.66. The van der Waals surface area contributed by atoms with Gasteiger partial charge in [-0.25, -0.2) is 0 Å². The third-order valence-electron chi connectivity index (χ3n) is 2.48. The standard InChI is InChI=1S/C11H10BrNO4/c12-6-1-2-9-7(3-6)8(5-17-9)11(16)13-4-10(14)15/h1-3,8H,4-5H2,(H,13,16)(H,14,15). The number of amides is 1. The molecule has 2 N–H and O–H groups in total. The Balaban J connectivity index is 2.13. The summed E-state index contributed by atoms with van der Waals surface area (Å²) in [6, 6.07) is 5.42. The number of ether oxygens (including phenoxy) is 1. The minimum atomic E-state index is -1.06. The van der Waals surface area contributed by atoms with E-state index in [-0.39, 0.29) is 19.1 Å². The Labute approximate surface area is 106 Å². The van der Waals surface area contributed by atoms with Crippen LogP contribution in [0.15, 0.2) is 22.7 Å². The van der Waals surface area contributed by atoms with Crippen molar-refractivity contribution in [1.82, 2.24) is 5.32 Å². The van der Waals surface area contributed by atoms with Crippen LogP contribution in [0.1, 0.15) is 11.5 Å². The average Bonchev–Trinajstić information content (AvgIpc) is 2.68. The van der Waals surface area contributed by atoms with Gasteiger partial charge in [-0.3, -0.25) is 9.59 Å². The van der Waals surface area contributed by atoms with E-state index in [0.29, 0.717) is 5.75 Å². The van der Waals surface area contributed by atoms with E-state index in [0.717, 1.165) is 10.0 Å². The lowest BCUT2D eigenvalue weighted by atomic mass is 10.0. The molecule has 1 aromatic rings. The van der Waals surface area contributed by atoms with Gasteiger partial charge in [0.05, 0.1) is 0 Å². The Morgan fingerprint density at radius 1 is 1.53 bits per heavy atom. The fourth-order valence-electron chi connectivity index (χ4n) is 1.69. The Hall–Kier alpha value is -1.56. The summed E-state index contributed by atoms with van der Waals surface area (Å²) in [6.07, 6.45) is 0. The molecule has 1 aliphatic heterocycles. The van der Waals surface area contributed by atoms with Crippen molar-refractivity contribution in [3.63, 3.8) is 0 Å². The van der Waals surface area contributed by atoms with Crippen LogP contribution < -0.4 is 10.1 Å². The lowest BCUT2D eigenvalue weighted by molar-refractivity contribution is -0.138. The van der Waals surface area contributed by atoms with E-state index in [1.807, 2.05) is 12.1 Å². The minimum absolute atomic E-state index is 0.247. The summed E-state index contributed by atoms with van der Waals surface area (Å²) in [7, 11) is 0. The number of hydrogen-bond donors (Lipinski definition) is 2. The van der Waals surface area contributed by atoms with E-state index < -0.39 is 11.9 Å². The highest BCUT2D eigenvalue weighted by atomic mass is 79.9. The molecule has 1 aromatic carbocycles. The highest BCUT2D eigenvalue weighted by molar-refractivity contribution is 9.10. The van der Waals surface area contributed by atoms with Gasteiger partial charge < -0.3 is 15.2 Å². The summed E-state index contributed by atoms with van der Waals surface area (Å²) in [5.74, 6) is -1.17. The quantitative estimate of drug-likeness (QED) is 0.877. The molecule has 1 amide bonds. The summed E-state index contributed by atoms with van der Waals surface area (Å²) in [5, 5.41) is 10.8. The van der Waals surface area contributed by atoms with E-state index in [1.165, 1.54) is 0 Å². The first-order valence-corrected chi connectivity index (χ1v) is 5.79. The number of benzene rings is 1. The molecule has 0 saturated carbocycles. The molecular formula is C11H10BrNO4. The zero-order valence-electron chi connectivity index (χ0n) is 8.77. The number of aliphatic carboxylic acids is 1. The Morgan fingerprint density at radius 3 is 3.00 bits per heavy atom. The maximum atomic E-state index is 11.8. The van der Waals surface area contributed by atoms with E-state index in [9.17, 15) is 9.59 Å². The molecular weight excluding hydrogens is 290 g/mol. The summed E-state index contributed by atoms with van der Waals surface area (Å²) >= 11 is 3.32. The van der Waals surface area contributed by atoms with Crippen molar-refractivity contribution in [2.24, 2.45) is 0 Å². The number of rotatable bonds is 3. The number of carboxylic acid groups (broad SMARTS) is 1. The second-order valence-corrected chi connectivity index (χ2v) is 4.57. The maximum absolute atomic E-state index is 11.8. The highest BCUT2D eigenvalue weighted by Crippen LogP contribution is 2.35. The van der Waals surface area contributed by atoms with Crippen LogP contribution in [0.25, 0.3) is 0 Å². The second kappa shape index (κ2) is 4.75. The molecule has 5 nitrogen and oxygen atoms in total. The molecule has 0 saturated heterocycles. The molecule has 17 heavy (non-hydrogen) atoms. The molecule has 0 aliphatic carbocycles. The number of nitrogens with one attached hydrogen (secondary N) is 1. The minimum Gasteiger partial charge on any atom is -0.492 e. The fraction of sp³-hybridized carbons (Fsp3) is 0.273. The fourth-order valence-corrected chi connectivity index (χ4v) is 2.07. The summed E-state index contributed by atoms with van der Waals surface area (Å²) in [6.45, 7) is -0.129. The summed E-state index contributed by atoms with van der Waals surface area (Å²) < 4.78 is 6.22. The molecule has 1 unspecified atom stereocenters. The van der Waals surface area contributed by atoms with Crippen LogP contribution >= 0.6 is 15.9 Å². The number of carbonyl (C=O) groups excluding carboxylic acids is 1. The Bertz CT molecular complexity index is 475. The molecule has 90 valence electrons. The van der Waals surface area contributed by atoms with Gasteiger partial charge in [-0.1, -0.05) is 15.9 Å². The highest BCUT2D eigenvalue weighted by Gasteiger charge is 2.30. The van der Waals surface area contributed by atoms with Crippen LogP contribution in [-0.2, 0) is 9.59 Å². The molecule has 0 fully saturated rings. The van der Waals surface area contributed by atoms with E-state index >= 15 is 0 Å². The number of carbonyl (C=O) groups is 2. The smallest absolute Gasteiger partial charge is 0.322 e. The third-order valence-corrected chi connectivity index (χ3v) is 2.98. The van der Waals surface area contributed by atoms with Gasteiger partial charge in [0.1, 0.15) is 24.8 Å². The zero-order valence-corrected chi connectivity index (χ0v) is 10.4. The maximum Gasteiger partial charge on any atom is 0.322 e.